The predicted molar refractivity (Wildman–Crippen MR) is 61.4 cm³/mol. The van der Waals surface area contributed by atoms with Gasteiger partial charge in [0.15, 0.2) is 0 Å². The number of hydrogen-bond donors (Lipinski definition) is 1. The first-order chi connectivity index (χ1) is 8.09. The zero-order chi connectivity index (χ0) is 12.4. The van der Waals surface area contributed by atoms with E-state index in [0.29, 0.717) is 11.4 Å². The molecule has 0 saturated heterocycles. The topological polar surface area (TPSA) is 64.4 Å². The molecule has 0 aliphatic carbocycles. The Hall–Kier alpha value is -2.30. The van der Waals surface area contributed by atoms with E-state index < -0.39 is 5.97 Å². The van der Waals surface area contributed by atoms with Crippen molar-refractivity contribution in [2.45, 2.75) is 6.92 Å². The van der Waals surface area contributed by atoms with E-state index in [2.05, 4.69) is 5.10 Å². The Balaban J connectivity index is 2.42. The lowest BCUT2D eigenvalue weighted by molar-refractivity contribution is 0.0693. The molecule has 1 aromatic heterocycles. The first kappa shape index (κ1) is 11.2. The lowest BCUT2D eigenvalue weighted by atomic mass is 10.2. The van der Waals surface area contributed by atoms with Crippen molar-refractivity contribution in [2.24, 2.45) is 7.05 Å². The zero-order valence-corrected chi connectivity index (χ0v) is 9.54. The Morgan fingerprint density at radius 2 is 2.00 bits per heavy atom. The van der Waals surface area contributed by atoms with Gasteiger partial charge >= 0.3 is 5.97 Å². The normalized spacial score (nSPS) is 10.2. The van der Waals surface area contributed by atoms with Crippen molar-refractivity contribution in [1.29, 1.82) is 0 Å². The third kappa shape index (κ3) is 2.13. The third-order valence-corrected chi connectivity index (χ3v) is 2.34. The van der Waals surface area contributed by atoms with Gasteiger partial charge < -0.3 is 9.84 Å². The lowest BCUT2D eigenvalue weighted by Gasteiger charge is -2.06. The van der Waals surface area contributed by atoms with Crippen LogP contribution in [0.1, 0.15) is 16.1 Å². The van der Waals surface area contributed by atoms with Gasteiger partial charge in [-0.15, -0.1) is 0 Å². The summed E-state index contributed by atoms with van der Waals surface area (Å²) in [6, 6.07) is 9.01. The summed E-state index contributed by atoms with van der Waals surface area (Å²) < 4.78 is 6.96. The molecular weight excluding hydrogens is 220 g/mol. The van der Waals surface area contributed by atoms with Crippen LogP contribution in [0.15, 0.2) is 30.3 Å². The zero-order valence-electron chi connectivity index (χ0n) is 9.54. The molecular formula is C12H12N2O3. The minimum atomic E-state index is -1.04. The number of aromatic carboxylic acids is 1. The molecule has 1 aromatic carbocycles. The molecule has 0 unspecified atom stereocenters. The molecule has 0 aliphatic heterocycles. The van der Waals surface area contributed by atoms with Gasteiger partial charge in [0.25, 0.3) is 0 Å². The number of benzene rings is 1. The van der Waals surface area contributed by atoms with Crippen LogP contribution in [0.5, 0.6) is 11.6 Å². The van der Waals surface area contributed by atoms with Crippen molar-refractivity contribution in [1.82, 2.24) is 9.78 Å². The average Bonchev–Trinajstić information content (AvgIpc) is 2.55. The van der Waals surface area contributed by atoms with Crippen LogP contribution in [-0.2, 0) is 7.05 Å². The quantitative estimate of drug-likeness (QED) is 0.881. The lowest BCUT2D eigenvalue weighted by Crippen LogP contribution is -2.01. The van der Waals surface area contributed by atoms with Gasteiger partial charge in [-0.1, -0.05) is 18.2 Å². The number of ether oxygens (including phenoxy) is 1. The fourth-order valence-electron chi connectivity index (χ4n) is 1.60. The summed E-state index contributed by atoms with van der Waals surface area (Å²) in [4.78, 5) is 11.1. The molecule has 5 heteroatoms. The SMILES string of the molecule is Cc1nn(C)c(Oc2ccccc2)c1C(=O)O. The molecule has 2 aromatic rings. The second-order valence-corrected chi connectivity index (χ2v) is 3.61. The molecule has 0 aliphatic rings. The van der Waals surface area contributed by atoms with Crippen molar-refractivity contribution in [3.8, 4) is 11.6 Å². The van der Waals surface area contributed by atoms with E-state index in [4.69, 9.17) is 9.84 Å². The van der Waals surface area contributed by atoms with Crippen LogP contribution in [0.25, 0.3) is 0 Å². The minimum Gasteiger partial charge on any atom is -0.477 e. The number of para-hydroxylation sites is 1. The maximum Gasteiger partial charge on any atom is 0.343 e. The smallest absolute Gasteiger partial charge is 0.343 e. The van der Waals surface area contributed by atoms with Gasteiger partial charge in [-0.3, -0.25) is 0 Å². The van der Waals surface area contributed by atoms with E-state index >= 15 is 0 Å². The highest BCUT2D eigenvalue weighted by molar-refractivity contribution is 5.91. The predicted octanol–water partition coefficient (Wildman–Crippen LogP) is 2.22. The van der Waals surface area contributed by atoms with Gasteiger partial charge in [-0.05, 0) is 19.1 Å². The Morgan fingerprint density at radius 3 is 2.59 bits per heavy atom. The van der Waals surface area contributed by atoms with Crippen LogP contribution < -0.4 is 4.74 Å². The van der Waals surface area contributed by atoms with Crippen molar-refractivity contribution in [3.63, 3.8) is 0 Å². The van der Waals surface area contributed by atoms with Gasteiger partial charge in [-0.25, -0.2) is 9.48 Å². The summed E-state index contributed by atoms with van der Waals surface area (Å²) in [5.41, 5.74) is 0.530. The number of nitrogens with zero attached hydrogens (tertiary/aromatic N) is 2. The van der Waals surface area contributed by atoms with Crippen molar-refractivity contribution in [3.05, 3.63) is 41.6 Å². The van der Waals surface area contributed by atoms with E-state index in [-0.39, 0.29) is 11.4 Å². The molecule has 0 spiro atoms. The molecule has 5 nitrogen and oxygen atoms in total. The molecule has 1 N–H and O–H groups in total. The fourth-order valence-corrected chi connectivity index (χ4v) is 1.60. The Kier molecular flexibility index (Phi) is 2.82. The van der Waals surface area contributed by atoms with Crippen LogP contribution in [0.2, 0.25) is 0 Å². The standard InChI is InChI=1S/C12H12N2O3/c1-8-10(12(15)16)11(14(2)13-8)17-9-6-4-3-5-7-9/h3-7H,1-2H3,(H,15,16). The first-order valence-corrected chi connectivity index (χ1v) is 5.09. The summed E-state index contributed by atoms with van der Waals surface area (Å²) >= 11 is 0. The van der Waals surface area contributed by atoms with Crippen LogP contribution in [0.4, 0.5) is 0 Å². The Morgan fingerprint density at radius 1 is 1.35 bits per heavy atom. The number of hydrogen-bond acceptors (Lipinski definition) is 3. The van der Waals surface area contributed by atoms with E-state index in [1.165, 1.54) is 4.68 Å². The van der Waals surface area contributed by atoms with Gasteiger partial charge in [0.05, 0.1) is 5.69 Å². The number of carbonyl (C=O) groups is 1. The highest BCUT2D eigenvalue weighted by atomic mass is 16.5. The molecule has 0 radical (unpaired) electrons. The van der Waals surface area contributed by atoms with E-state index in [0.717, 1.165) is 0 Å². The molecule has 2 rings (SSSR count). The largest absolute Gasteiger partial charge is 0.477 e. The molecule has 0 saturated carbocycles. The van der Waals surface area contributed by atoms with Gasteiger partial charge in [-0.2, -0.15) is 5.10 Å². The molecule has 17 heavy (non-hydrogen) atoms. The van der Waals surface area contributed by atoms with Crippen LogP contribution >= 0.6 is 0 Å². The van der Waals surface area contributed by atoms with Crippen LogP contribution in [0.3, 0.4) is 0 Å². The van der Waals surface area contributed by atoms with E-state index in [1.807, 2.05) is 18.2 Å². The molecule has 0 amide bonds. The number of carboxylic acids is 1. The summed E-state index contributed by atoms with van der Waals surface area (Å²) in [6.45, 7) is 1.64. The van der Waals surface area contributed by atoms with Gasteiger partial charge in [0, 0.05) is 7.05 Å². The maximum atomic E-state index is 11.1. The molecule has 0 fully saturated rings. The fraction of sp³-hybridized carbons (Fsp3) is 0.167. The molecule has 0 atom stereocenters. The van der Waals surface area contributed by atoms with Crippen LogP contribution in [0, 0.1) is 6.92 Å². The highest BCUT2D eigenvalue weighted by Gasteiger charge is 2.21. The van der Waals surface area contributed by atoms with Crippen molar-refractivity contribution in [2.75, 3.05) is 0 Å². The van der Waals surface area contributed by atoms with Crippen molar-refractivity contribution < 1.29 is 14.6 Å². The average molecular weight is 232 g/mol. The maximum absolute atomic E-state index is 11.1. The van der Waals surface area contributed by atoms with Crippen molar-refractivity contribution >= 4 is 5.97 Å². The summed E-state index contributed by atoms with van der Waals surface area (Å²) in [6.07, 6.45) is 0. The Labute approximate surface area is 98.3 Å². The Bertz CT molecular complexity index is 546. The van der Waals surface area contributed by atoms with Crippen LogP contribution in [-0.4, -0.2) is 20.9 Å². The van der Waals surface area contributed by atoms with E-state index in [1.54, 1.807) is 26.1 Å². The highest BCUT2D eigenvalue weighted by Crippen LogP contribution is 2.26. The first-order valence-electron chi connectivity index (χ1n) is 5.09. The summed E-state index contributed by atoms with van der Waals surface area (Å²) in [5.74, 6) is -0.222. The van der Waals surface area contributed by atoms with Gasteiger partial charge in [0.1, 0.15) is 11.3 Å². The minimum absolute atomic E-state index is 0.0938. The second kappa shape index (κ2) is 4.29. The number of aromatic nitrogens is 2. The number of aryl methyl sites for hydroxylation is 2. The summed E-state index contributed by atoms with van der Waals surface area (Å²) in [7, 11) is 1.65. The van der Waals surface area contributed by atoms with E-state index in [9.17, 15) is 4.79 Å². The number of carboxylic acid groups (broad SMARTS) is 1. The molecule has 88 valence electrons. The molecule has 0 bridgehead atoms. The third-order valence-electron chi connectivity index (χ3n) is 2.34. The molecule has 1 heterocycles. The number of rotatable bonds is 3. The van der Waals surface area contributed by atoms with Gasteiger partial charge in [0.2, 0.25) is 5.88 Å². The second-order valence-electron chi connectivity index (χ2n) is 3.61. The summed E-state index contributed by atoms with van der Waals surface area (Å²) in [5, 5.41) is 13.1. The monoisotopic (exact) mass is 232 g/mol.